The Morgan fingerprint density at radius 1 is 1.87 bits per heavy atom. The van der Waals surface area contributed by atoms with Crippen molar-refractivity contribution in [2.45, 2.75) is 6.92 Å². The first kappa shape index (κ1) is 11.8. The lowest BCUT2D eigenvalue weighted by molar-refractivity contribution is -0.141. The van der Waals surface area contributed by atoms with Crippen LogP contribution in [0.5, 0.6) is 0 Å². The van der Waals surface area contributed by atoms with Crippen molar-refractivity contribution in [1.29, 1.82) is 0 Å². The lowest BCUT2D eigenvalue weighted by Gasteiger charge is -2.19. The molecule has 0 aromatic carbocycles. The molecule has 0 saturated heterocycles. The number of carbonyl (C=O) groups is 1. The predicted octanol–water partition coefficient (Wildman–Crippen LogP) is 0.930. The normalized spacial score (nSPS) is 16.3. The van der Waals surface area contributed by atoms with E-state index in [1.54, 1.807) is 24.2 Å². The summed E-state index contributed by atoms with van der Waals surface area (Å²) < 4.78 is 5.77. The summed E-state index contributed by atoms with van der Waals surface area (Å²) >= 11 is 3.27. The van der Waals surface area contributed by atoms with E-state index in [9.17, 15) is 4.79 Å². The van der Waals surface area contributed by atoms with Crippen LogP contribution < -0.4 is 5.73 Å². The Balaban J connectivity index is 2.35. The molecule has 0 fully saturated rings. The lowest BCUT2D eigenvalue weighted by atomic mass is 10.4. The molecule has 0 spiro atoms. The smallest absolute Gasteiger partial charge is 0.334 e. The Morgan fingerprint density at radius 3 is 3.20 bits per heavy atom. The first-order chi connectivity index (χ1) is 7.08. The summed E-state index contributed by atoms with van der Waals surface area (Å²) in [6.45, 7) is 2.27. The van der Waals surface area contributed by atoms with E-state index in [2.05, 4.69) is 20.9 Å². The van der Waals surface area contributed by atoms with E-state index >= 15 is 0 Å². The topological polar surface area (TPSA) is 67.9 Å². The molecule has 15 heavy (non-hydrogen) atoms. The second-order valence-corrected chi connectivity index (χ2v) is 3.95. The Kier molecular flexibility index (Phi) is 4.36. The average molecular weight is 274 g/mol. The highest BCUT2D eigenvalue weighted by Gasteiger charge is 2.06. The zero-order chi connectivity index (χ0) is 11.3. The minimum absolute atomic E-state index is 0.162. The predicted molar refractivity (Wildman–Crippen MR) is 61.1 cm³/mol. The van der Waals surface area contributed by atoms with Crippen LogP contribution in [0, 0.1) is 0 Å². The van der Waals surface area contributed by atoms with Gasteiger partial charge in [-0.05, 0) is 22.9 Å². The molecule has 0 aromatic heterocycles. The van der Waals surface area contributed by atoms with Gasteiger partial charge in [0.2, 0.25) is 0 Å². The molecule has 82 valence electrons. The van der Waals surface area contributed by atoms with E-state index in [0.717, 1.165) is 4.48 Å². The highest BCUT2D eigenvalue weighted by atomic mass is 79.9. The van der Waals surface area contributed by atoms with Crippen molar-refractivity contribution in [2.75, 3.05) is 13.4 Å². The van der Waals surface area contributed by atoms with Crippen molar-refractivity contribution in [3.05, 3.63) is 22.5 Å². The maximum atomic E-state index is 11.1. The maximum absolute atomic E-state index is 11.1. The van der Waals surface area contributed by atoms with E-state index < -0.39 is 5.97 Å². The molecule has 0 unspecified atom stereocenters. The maximum Gasteiger partial charge on any atom is 0.334 e. The molecular weight excluding hydrogens is 262 g/mol. The number of carbonyl (C=O) groups excluding carboxylic acids is 1. The fraction of sp³-hybridized carbons (Fsp3) is 0.333. The fourth-order valence-electron chi connectivity index (χ4n) is 0.934. The van der Waals surface area contributed by atoms with Gasteiger partial charge in [-0.15, -0.1) is 0 Å². The molecule has 0 atom stereocenters. The van der Waals surface area contributed by atoms with Crippen LogP contribution in [0.2, 0.25) is 0 Å². The molecular formula is C9H12BrN3O2. The van der Waals surface area contributed by atoms with Gasteiger partial charge in [0, 0.05) is 24.2 Å². The molecule has 0 aromatic rings. The minimum atomic E-state index is -0.450. The molecule has 1 aliphatic heterocycles. The van der Waals surface area contributed by atoms with Gasteiger partial charge < -0.3 is 15.4 Å². The number of ether oxygens (including phenoxy) is 1. The third-order valence-corrected chi connectivity index (χ3v) is 1.91. The van der Waals surface area contributed by atoms with E-state index in [4.69, 9.17) is 10.5 Å². The van der Waals surface area contributed by atoms with Gasteiger partial charge in [0.15, 0.2) is 6.73 Å². The number of hydrogen-bond donors (Lipinski definition) is 1. The Morgan fingerprint density at radius 2 is 2.60 bits per heavy atom. The Labute approximate surface area is 96.4 Å². The van der Waals surface area contributed by atoms with Crippen molar-refractivity contribution >= 4 is 28.1 Å². The summed E-state index contributed by atoms with van der Waals surface area (Å²) in [5.74, 6) is -0.450. The number of aliphatic imine (C=N–C) groups is 1. The zero-order valence-corrected chi connectivity index (χ0v) is 9.90. The van der Waals surface area contributed by atoms with Crippen molar-refractivity contribution in [3.8, 4) is 0 Å². The first-order valence-electron chi connectivity index (χ1n) is 4.29. The molecule has 6 heteroatoms. The summed E-state index contributed by atoms with van der Waals surface area (Å²) in [6, 6.07) is 0. The molecule has 5 nitrogen and oxygen atoms in total. The van der Waals surface area contributed by atoms with E-state index in [1.165, 1.54) is 6.08 Å². The number of nitrogens with zero attached hydrogens (tertiary/aromatic N) is 2. The van der Waals surface area contributed by atoms with Gasteiger partial charge in [-0.1, -0.05) is 0 Å². The van der Waals surface area contributed by atoms with Gasteiger partial charge in [-0.2, -0.15) is 0 Å². The van der Waals surface area contributed by atoms with E-state index in [-0.39, 0.29) is 6.73 Å². The van der Waals surface area contributed by atoms with Crippen LogP contribution in [0.15, 0.2) is 27.4 Å². The molecule has 0 saturated carbocycles. The van der Waals surface area contributed by atoms with Gasteiger partial charge in [0.05, 0.1) is 4.48 Å². The summed E-state index contributed by atoms with van der Waals surface area (Å²) in [5, 5.41) is 0. The van der Waals surface area contributed by atoms with Crippen LogP contribution in [-0.2, 0) is 9.53 Å². The summed E-state index contributed by atoms with van der Waals surface area (Å²) in [4.78, 5) is 16.9. The van der Waals surface area contributed by atoms with Crippen LogP contribution in [0.25, 0.3) is 0 Å². The van der Waals surface area contributed by atoms with Crippen LogP contribution in [0.1, 0.15) is 6.92 Å². The number of nitrogens with two attached hydrogens (primary N) is 1. The van der Waals surface area contributed by atoms with Crippen molar-refractivity contribution < 1.29 is 9.53 Å². The number of rotatable bonds is 3. The molecule has 2 N–H and O–H groups in total. The molecule has 0 bridgehead atoms. The van der Waals surface area contributed by atoms with Gasteiger partial charge in [-0.3, -0.25) is 4.99 Å². The minimum Gasteiger partial charge on any atom is -0.441 e. The largest absolute Gasteiger partial charge is 0.441 e. The van der Waals surface area contributed by atoms with Gasteiger partial charge in [0.25, 0.3) is 0 Å². The molecule has 1 rings (SSSR count). The second kappa shape index (κ2) is 5.55. The zero-order valence-electron chi connectivity index (χ0n) is 8.31. The Hall–Kier alpha value is -1.30. The number of hydrogen-bond acceptors (Lipinski definition) is 5. The molecule has 1 heterocycles. The number of halogens is 1. The van der Waals surface area contributed by atoms with Crippen LogP contribution in [0.4, 0.5) is 0 Å². The quantitative estimate of drug-likeness (QED) is 0.614. The summed E-state index contributed by atoms with van der Waals surface area (Å²) in [5.41, 5.74) is 5.75. The second-order valence-electron chi connectivity index (χ2n) is 3.04. The average Bonchev–Trinajstić information content (AvgIpc) is 2.14. The standard InChI is InChI=1S/C9H12BrN3O2/c1-7(11)2-9(14)15-6-13-4-8(10)3-12-5-13/h2-4H,5-6,11H2,1H3/b7-2-. The lowest BCUT2D eigenvalue weighted by Crippen LogP contribution is -2.25. The number of esters is 1. The SMILES string of the molecule is C/C(N)=C/C(=O)OCN1C=C(Br)C=NC1. The third kappa shape index (κ3) is 4.64. The third-order valence-electron chi connectivity index (χ3n) is 1.50. The van der Waals surface area contributed by atoms with Gasteiger partial charge >= 0.3 is 5.97 Å². The molecule has 0 amide bonds. The van der Waals surface area contributed by atoms with Crippen LogP contribution in [-0.4, -0.2) is 30.5 Å². The Bertz CT molecular complexity index is 332. The molecule has 0 radical (unpaired) electrons. The first-order valence-corrected chi connectivity index (χ1v) is 5.09. The molecule has 0 aliphatic carbocycles. The number of allylic oxidation sites excluding steroid dienone is 2. The highest BCUT2D eigenvalue weighted by molar-refractivity contribution is 9.12. The van der Waals surface area contributed by atoms with E-state index in [1.807, 2.05) is 0 Å². The summed E-state index contributed by atoms with van der Waals surface area (Å²) in [6.07, 6.45) is 4.74. The summed E-state index contributed by atoms with van der Waals surface area (Å²) in [7, 11) is 0. The van der Waals surface area contributed by atoms with Crippen molar-refractivity contribution in [2.24, 2.45) is 10.7 Å². The van der Waals surface area contributed by atoms with E-state index in [0.29, 0.717) is 12.4 Å². The molecule has 1 aliphatic rings. The van der Waals surface area contributed by atoms with Crippen molar-refractivity contribution in [3.63, 3.8) is 0 Å². The monoisotopic (exact) mass is 273 g/mol. The van der Waals surface area contributed by atoms with Gasteiger partial charge in [-0.25, -0.2) is 4.79 Å². The highest BCUT2D eigenvalue weighted by Crippen LogP contribution is 2.08. The van der Waals surface area contributed by atoms with Crippen molar-refractivity contribution in [1.82, 2.24) is 4.90 Å². The van der Waals surface area contributed by atoms with Gasteiger partial charge in [0.1, 0.15) is 6.67 Å². The van der Waals surface area contributed by atoms with Crippen LogP contribution >= 0.6 is 15.9 Å². The van der Waals surface area contributed by atoms with Crippen LogP contribution in [0.3, 0.4) is 0 Å². The fourth-order valence-corrected chi connectivity index (χ4v) is 1.37.